The van der Waals surface area contributed by atoms with E-state index in [1.807, 2.05) is 31.2 Å². The second-order valence-electron chi connectivity index (χ2n) is 6.09. The summed E-state index contributed by atoms with van der Waals surface area (Å²) in [5.41, 5.74) is 1.14. The van der Waals surface area contributed by atoms with Gasteiger partial charge >= 0.3 is 0 Å². The number of likely N-dealkylation sites (tertiary alicyclic amines) is 1. The number of hydrogen-bond donors (Lipinski definition) is 0. The van der Waals surface area contributed by atoms with Crippen LogP contribution in [-0.2, 0) is 4.79 Å². The van der Waals surface area contributed by atoms with Crippen molar-refractivity contribution in [2.45, 2.75) is 38.6 Å². The second-order valence-corrected chi connectivity index (χ2v) is 6.09. The predicted molar refractivity (Wildman–Crippen MR) is 92.3 cm³/mol. The van der Waals surface area contributed by atoms with Gasteiger partial charge in [-0.3, -0.25) is 9.59 Å². The van der Waals surface area contributed by atoms with Crippen LogP contribution in [0.15, 0.2) is 30.3 Å². The van der Waals surface area contributed by atoms with Crippen molar-refractivity contribution in [1.82, 2.24) is 9.88 Å². The largest absolute Gasteiger partial charge is 0.497 e. The van der Waals surface area contributed by atoms with E-state index in [1.54, 1.807) is 18.1 Å². The number of hydrogen-bond acceptors (Lipinski definition) is 4. The first-order valence-electron chi connectivity index (χ1n) is 8.42. The summed E-state index contributed by atoms with van der Waals surface area (Å²) in [5, 5.41) is 0.922. The van der Waals surface area contributed by atoms with Crippen molar-refractivity contribution in [2.24, 2.45) is 0 Å². The zero-order chi connectivity index (χ0) is 17.1. The summed E-state index contributed by atoms with van der Waals surface area (Å²) in [6.07, 6.45) is 3.14. The minimum absolute atomic E-state index is 0.133. The molecule has 1 fully saturated rings. The summed E-state index contributed by atoms with van der Waals surface area (Å²) in [6, 6.07) is 8.86. The lowest BCUT2D eigenvalue weighted by Crippen LogP contribution is -2.48. The number of aromatic nitrogens is 1. The van der Waals surface area contributed by atoms with E-state index in [4.69, 9.17) is 4.74 Å². The maximum atomic E-state index is 12.9. The number of amides is 1. The number of ketones is 1. The van der Waals surface area contributed by atoms with E-state index in [2.05, 4.69) is 4.98 Å². The standard InChI is InChI=1S/C19H22N2O3/c1-3-18(22)17-6-4-5-11-21(17)19(23)16-9-7-13-12-14(24-2)8-10-15(13)20-16/h7-10,12,17H,3-6,11H2,1-2H3. The van der Waals surface area contributed by atoms with Crippen LogP contribution in [0.4, 0.5) is 0 Å². The summed E-state index contributed by atoms with van der Waals surface area (Å²) in [5.74, 6) is 0.737. The SMILES string of the molecule is CCC(=O)C1CCCCN1C(=O)c1ccc2cc(OC)ccc2n1. The fourth-order valence-electron chi connectivity index (χ4n) is 3.24. The molecule has 2 aromatic rings. The molecule has 1 aromatic heterocycles. The monoisotopic (exact) mass is 326 g/mol. The van der Waals surface area contributed by atoms with Crippen molar-refractivity contribution in [1.29, 1.82) is 0 Å². The highest BCUT2D eigenvalue weighted by molar-refractivity contribution is 5.98. The lowest BCUT2D eigenvalue weighted by molar-refractivity contribution is -0.124. The van der Waals surface area contributed by atoms with E-state index < -0.39 is 0 Å². The minimum Gasteiger partial charge on any atom is -0.497 e. The number of methoxy groups -OCH3 is 1. The number of carbonyl (C=O) groups is 2. The molecule has 0 spiro atoms. The quantitative estimate of drug-likeness (QED) is 0.865. The maximum Gasteiger partial charge on any atom is 0.273 e. The van der Waals surface area contributed by atoms with E-state index in [0.29, 0.717) is 18.7 Å². The number of rotatable bonds is 4. The van der Waals surface area contributed by atoms with Crippen LogP contribution < -0.4 is 4.74 Å². The third kappa shape index (κ3) is 3.11. The zero-order valence-corrected chi connectivity index (χ0v) is 14.1. The van der Waals surface area contributed by atoms with Crippen molar-refractivity contribution in [3.8, 4) is 5.75 Å². The average molecular weight is 326 g/mol. The van der Waals surface area contributed by atoms with E-state index in [-0.39, 0.29) is 17.7 Å². The molecule has 5 heteroatoms. The number of nitrogens with zero attached hydrogens (tertiary/aromatic N) is 2. The van der Waals surface area contributed by atoms with E-state index in [9.17, 15) is 9.59 Å². The number of Topliss-reactive ketones (excluding diaryl/α,β-unsaturated/α-hetero) is 1. The van der Waals surface area contributed by atoms with Crippen molar-refractivity contribution >= 4 is 22.6 Å². The van der Waals surface area contributed by atoms with Crippen LogP contribution in [0.1, 0.15) is 43.1 Å². The first kappa shape index (κ1) is 16.4. The van der Waals surface area contributed by atoms with E-state index >= 15 is 0 Å². The number of fused-ring (bicyclic) bond motifs is 1. The Bertz CT molecular complexity index is 772. The van der Waals surface area contributed by atoms with Gasteiger partial charge in [0.2, 0.25) is 0 Å². The van der Waals surface area contributed by atoms with Gasteiger partial charge < -0.3 is 9.64 Å². The van der Waals surface area contributed by atoms with Crippen LogP contribution in [-0.4, -0.2) is 41.3 Å². The zero-order valence-electron chi connectivity index (χ0n) is 14.1. The molecule has 3 rings (SSSR count). The van der Waals surface area contributed by atoms with Crippen LogP contribution in [0.5, 0.6) is 5.75 Å². The summed E-state index contributed by atoms with van der Waals surface area (Å²) >= 11 is 0. The van der Waals surface area contributed by atoms with Crippen LogP contribution in [0.2, 0.25) is 0 Å². The third-order valence-electron chi connectivity index (χ3n) is 4.60. The highest BCUT2D eigenvalue weighted by Crippen LogP contribution is 2.23. The highest BCUT2D eigenvalue weighted by atomic mass is 16.5. The minimum atomic E-state index is -0.301. The highest BCUT2D eigenvalue weighted by Gasteiger charge is 2.32. The summed E-state index contributed by atoms with van der Waals surface area (Å²) in [4.78, 5) is 31.2. The number of pyridine rings is 1. The molecule has 1 amide bonds. The molecular weight excluding hydrogens is 304 g/mol. The van der Waals surface area contributed by atoms with Crippen LogP contribution in [0.3, 0.4) is 0 Å². The predicted octanol–water partition coefficient (Wildman–Crippen LogP) is 3.22. The van der Waals surface area contributed by atoms with E-state index in [0.717, 1.165) is 35.9 Å². The van der Waals surface area contributed by atoms with Crippen molar-refractivity contribution in [3.05, 3.63) is 36.0 Å². The Balaban J connectivity index is 1.90. The molecule has 5 nitrogen and oxygen atoms in total. The van der Waals surface area contributed by atoms with E-state index in [1.165, 1.54) is 0 Å². The first-order valence-corrected chi connectivity index (χ1v) is 8.42. The molecule has 24 heavy (non-hydrogen) atoms. The summed E-state index contributed by atoms with van der Waals surface area (Å²) in [7, 11) is 1.62. The molecule has 1 saturated heterocycles. The number of ether oxygens (including phenoxy) is 1. The summed E-state index contributed by atoms with van der Waals surface area (Å²) in [6.45, 7) is 2.47. The van der Waals surface area contributed by atoms with Gasteiger partial charge in [-0.05, 0) is 43.5 Å². The van der Waals surface area contributed by atoms with Crippen LogP contribution in [0.25, 0.3) is 10.9 Å². The Morgan fingerprint density at radius 2 is 2.08 bits per heavy atom. The Morgan fingerprint density at radius 1 is 1.25 bits per heavy atom. The Labute approximate surface area is 141 Å². The molecule has 1 aliphatic heterocycles. The molecular formula is C19H22N2O3. The molecule has 0 N–H and O–H groups in total. The van der Waals surface area contributed by atoms with Gasteiger partial charge in [0.1, 0.15) is 11.4 Å². The molecule has 0 aliphatic carbocycles. The van der Waals surface area contributed by atoms with Crippen molar-refractivity contribution < 1.29 is 14.3 Å². The molecule has 126 valence electrons. The lowest BCUT2D eigenvalue weighted by Gasteiger charge is -2.34. The first-order chi connectivity index (χ1) is 11.6. The topological polar surface area (TPSA) is 59.5 Å². The van der Waals surface area contributed by atoms with Crippen LogP contribution in [0, 0.1) is 0 Å². The second kappa shape index (κ2) is 6.99. The van der Waals surface area contributed by atoms with Gasteiger partial charge in [0.05, 0.1) is 18.7 Å². The average Bonchev–Trinajstić information content (AvgIpc) is 2.65. The van der Waals surface area contributed by atoms with Gasteiger partial charge in [0, 0.05) is 18.4 Å². The molecule has 1 atom stereocenters. The van der Waals surface area contributed by atoms with Gasteiger partial charge in [-0.25, -0.2) is 4.98 Å². The maximum absolute atomic E-state index is 12.9. The Hall–Kier alpha value is -2.43. The summed E-state index contributed by atoms with van der Waals surface area (Å²) < 4.78 is 5.21. The van der Waals surface area contributed by atoms with Gasteiger partial charge in [0.15, 0.2) is 5.78 Å². The van der Waals surface area contributed by atoms with Gasteiger partial charge in [-0.15, -0.1) is 0 Å². The molecule has 1 aromatic carbocycles. The molecule has 1 aliphatic rings. The van der Waals surface area contributed by atoms with Crippen molar-refractivity contribution in [2.75, 3.05) is 13.7 Å². The van der Waals surface area contributed by atoms with Crippen LogP contribution >= 0.6 is 0 Å². The number of benzene rings is 1. The molecule has 1 unspecified atom stereocenters. The smallest absolute Gasteiger partial charge is 0.273 e. The van der Waals surface area contributed by atoms with Crippen molar-refractivity contribution in [3.63, 3.8) is 0 Å². The molecule has 0 saturated carbocycles. The van der Waals surface area contributed by atoms with Gasteiger partial charge in [-0.2, -0.15) is 0 Å². The number of carbonyl (C=O) groups excluding carboxylic acids is 2. The Morgan fingerprint density at radius 3 is 2.83 bits per heavy atom. The molecule has 0 bridgehead atoms. The fourth-order valence-corrected chi connectivity index (χ4v) is 3.24. The third-order valence-corrected chi connectivity index (χ3v) is 4.60. The molecule has 2 heterocycles. The normalized spacial score (nSPS) is 17.8. The molecule has 0 radical (unpaired) electrons. The number of piperidine rings is 1. The lowest BCUT2D eigenvalue weighted by atomic mass is 9.96. The van der Waals surface area contributed by atoms with Gasteiger partial charge in [0.25, 0.3) is 5.91 Å². The fraction of sp³-hybridized carbons (Fsp3) is 0.421. The Kier molecular flexibility index (Phi) is 4.79. The van der Waals surface area contributed by atoms with Gasteiger partial charge in [-0.1, -0.05) is 13.0 Å².